The zero-order valence-corrected chi connectivity index (χ0v) is 10.4. The summed E-state index contributed by atoms with van der Waals surface area (Å²) >= 11 is 17.6. The average Bonchev–Trinajstić information content (AvgIpc) is 2.82. The molecule has 1 fully saturated rings. The van der Waals surface area contributed by atoms with Crippen LogP contribution in [-0.2, 0) is 10.7 Å². The molecule has 1 aromatic rings. The largest absolute Gasteiger partial charge is 0.481 e. The van der Waals surface area contributed by atoms with Crippen molar-refractivity contribution in [1.82, 2.24) is 0 Å². The van der Waals surface area contributed by atoms with E-state index in [1.165, 1.54) is 0 Å². The summed E-state index contributed by atoms with van der Waals surface area (Å²) < 4.78 is -1.20. The van der Waals surface area contributed by atoms with Gasteiger partial charge in [-0.15, -0.1) is 11.6 Å². The van der Waals surface area contributed by atoms with Crippen molar-refractivity contribution in [3.8, 4) is 0 Å². The molecule has 0 bridgehead atoms. The van der Waals surface area contributed by atoms with E-state index in [1.54, 1.807) is 0 Å². The van der Waals surface area contributed by atoms with Crippen LogP contribution in [0.25, 0.3) is 0 Å². The quantitative estimate of drug-likeness (QED) is 0.861. The van der Waals surface area contributed by atoms with Crippen molar-refractivity contribution in [3.05, 3.63) is 35.4 Å². The van der Waals surface area contributed by atoms with Crippen molar-refractivity contribution in [2.75, 3.05) is 0 Å². The molecule has 1 aromatic carbocycles. The fraction of sp³-hybridized carbons (Fsp3) is 0.364. The van der Waals surface area contributed by atoms with Crippen LogP contribution in [-0.4, -0.2) is 15.4 Å². The second-order valence-corrected chi connectivity index (χ2v) is 5.56. The average molecular weight is 280 g/mol. The molecule has 0 amide bonds. The molecule has 5 heteroatoms. The van der Waals surface area contributed by atoms with Gasteiger partial charge in [0.2, 0.25) is 0 Å². The number of halogens is 3. The smallest absolute Gasteiger partial charge is 0.310 e. The number of carbonyl (C=O) groups is 1. The van der Waals surface area contributed by atoms with Crippen LogP contribution in [0.15, 0.2) is 24.3 Å². The molecule has 0 aromatic heterocycles. The Bertz CT molecular complexity index is 431. The van der Waals surface area contributed by atoms with Crippen LogP contribution in [0, 0.1) is 5.92 Å². The first-order valence-corrected chi connectivity index (χ1v) is 6.03. The van der Waals surface area contributed by atoms with Crippen molar-refractivity contribution in [3.63, 3.8) is 0 Å². The topological polar surface area (TPSA) is 37.3 Å². The molecular weight excluding hydrogens is 270 g/mol. The van der Waals surface area contributed by atoms with Gasteiger partial charge in [0.05, 0.1) is 5.92 Å². The number of rotatable bonds is 3. The highest BCUT2D eigenvalue weighted by molar-refractivity contribution is 6.53. The number of carboxylic acids is 1. The Morgan fingerprint density at radius 3 is 2.62 bits per heavy atom. The van der Waals surface area contributed by atoms with Gasteiger partial charge in [-0.2, -0.15) is 0 Å². The molecule has 2 unspecified atom stereocenters. The van der Waals surface area contributed by atoms with Gasteiger partial charge in [-0.1, -0.05) is 47.5 Å². The van der Waals surface area contributed by atoms with Gasteiger partial charge >= 0.3 is 5.97 Å². The predicted octanol–water partition coefficient (Wildman–Crippen LogP) is 3.40. The predicted molar refractivity (Wildman–Crippen MR) is 64.3 cm³/mol. The van der Waals surface area contributed by atoms with E-state index in [1.807, 2.05) is 24.3 Å². The van der Waals surface area contributed by atoms with Crippen LogP contribution in [0.4, 0.5) is 0 Å². The summed E-state index contributed by atoms with van der Waals surface area (Å²) in [6.07, 6.45) is 0. The molecule has 0 saturated heterocycles. The zero-order chi connectivity index (χ0) is 11.9. The molecular formula is C11H9Cl3O2. The van der Waals surface area contributed by atoms with E-state index < -0.39 is 16.2 Å². The zero-order valence-electron chi connectivity index (χ0n) is 8.16. The lowest BCUT2D eigenvalue weighted by Crippen LogP contribution is -2.03. The van der Waals surface area contributed by atoms with Crippen LogP contribution in [0.1, 0.15) is 17.0 Å². The van der Waals surface area contributed by atoms with E-state index in [9.17, 15) is 4.79 Å². The Morgan fingerprint density at radius 1 is 1.44 bits per heavy atom. The summed E-state index contributed by atoms with van der Waals surface area (Å²) in [5.41, 5.74) is 1.76. The summed E-state index contributed by atoms with van der Waals surface area (Å²) in [5, 5.41) is 8.95. The first-order chi connectivity index (χ1) is 7.48. The standard InChI is InChI=1S/C11H9Cl3O2/c12-5-6-2-1-3-7(4-6)8-9(10(15)16)11(8,13)14/h1-4,8-9H,5H2,(H,15,16). The van der Waals surface area contributed by atoms with Crippen LogP contribution in [0.3, 0.4) is 0 Å². The van der Waals surface area contributed by atoms with Gasteiger partial charge in [0.15, 0.2) is 0 Å². The third kappa shape index (κ3) is 1.90. The van der Waals surface area contributed by atoms with E-state index in [0.717, 1.165) is 11.1 Å². The maximum Gasteiger partial charge on any atom is 0.310 e. The molecule has 16 heavy (non-hydrogen) atoms. The van der Waals surface area contributed by atoms with Crippen molar-refractivity contribution in [1.29, 1.82) is 0 Å². The Labute approximate surface area is 108 Å². The van der Waals surface area contributed by atoms with Crippen molar-refractivity contribution >= 4 is 40.8 Å². The number of aliphatic carboxylic acids is 1. The number of benzene rings is 1. The van der Waals surface area contributed by atoms with E-state index in [4.69, 9.17) is 39.9 Å². The summed E-state index contributed by atoms with van der Waals surface area (Å²) in [6.45, 7) is 0. The summed E-state index contributed by atoms with van der Waals surface area (Å²) in [4.78, 5) is 10.9. The highest BCUT2D eigenvalue weighted by Crippen LogP contribution is 2.64. The molecule has 2 atom stereocenters. The monoisotopic (exact) mass is 278 g/mol. The molecule has 1 saturated carbocycles. The number of hydrogen-bond donors (Lipinski definition) is 1. The van der Waals surface area contributed by atoms with Crippen LogP contribution >= 0.6 is 34.8 Å². The van der Waals surface area contributed by atoms with Crippen molar-refractivity contribution < 1.29 is 9.90 Å². The van der Waals surface area contributed by atoms with Gasteiger partial charge in [-0.25, -0.2) is 0 Å². The summed E-state index contributed by atoms with van der Waals surface area (Å²) in [6, 6.07) is 7.37. The molecule has 0 aliphatic heterocycles. The minimum absolute atomic E-state index is 0.350. The minimum Gasteiger partial charge on any atom is -0.481 e. The first-order valence-electron chi connectivity index (χ1n) is 4.74. The first kappa shape index (κ1) is 12.0. The molecule has 1 aliphatic rings. The van der Waals surface area contributed by atoms with E-state index in [0.29, 0.717) is 5.88 Å². The number of hydrogen-bond acceptors (Lipinski definition) is 1. The SMILES string of the molecule is O=C(O)C1C(c2cccc(CCl)c2)C1(Cl)Cl. The molecule has 0 radical (unpaired) electrons. The normalized spacial score (nSPS) is 26.4. The minimum atomic E-state index is -1.20. The summed E-state index contributed by atoms with van der Waals surface area (Å²) in [5.74, 6) is -1.67. The number of alkyl halides is 3. The Hall–Kier alpha value is -0.440. The molecule has 1 N–H and O–H groups in total. The van der Waals surface area contributed by atoms with Crippen LogP contribution < -0.4 is 0 Å². The molecule has 0 spiro atoms. The van der Waals surface area contributed by atoms with Gasteiger partial charge in [0.1, 0.15) is 4.33 Å². The van der Waals surface area contributed by atoms with Crippen LogP contribution in [0.2, 0.25) is 0 Å². The lowest BCUT2D eigenvalue weighted by Gasteiger charge is -2.02. The molecule has 86 valence electrons. The highest BCUT2D eigenvalue weighted by atomic mass is 35.5. The Kier molecular flexibility index (Phi) is 3.08. The Morgan fingerprint density at radius 2 is 2.12 bits per heavy atom. The van der Waals surface area contributed by atoms with Gasteiger partial charge < -0.3 is 5.11 Å². The van der Waals surface area contributed by atoms with Gasteiger partial charge in [-0.05, 0) is 11.1 Å². The highest BCUT2D eigenvalue weighted by Gasteiger charge is 2.68. The van der Waals surface area contributed by atoms with Gasteiger partial charge in [0.25, 0.3) is 0 Å². The maximum atomic E-state index is 10.9. The molecule has 2 nitrogen and oxygen atoms in total. The van der Waals surface area contributed by atoms with E-state index >= 15 is 0 Å². The molecule has 2 rings (SSSR count). The Balaban J connectivity index is 2.29. The lowest BCUT2D eigenvalue weighted by atomic mass is 10.1. The second-order valence-electron chi connectivity index (χ2n) is 3.85. The third-order valence-electron chi connectivity index (χ3n) is 2.78. The van der Waals surface area contributed by atoms with Crippen LogP contribution in [0.5, 0.6) is 0 Å². The van der Waals surface area contributed by atoms with E-state index in [2.05, 4.69) is 0 Å². The fourth-order valence-corrected chi connectivity index (χ4v) is 2.90. The van der Waals surface area contributed by atoms with Gasteiger partial charge in [-0.3, -0.25) is 4.79 Å². The number of carboxylic acid groups (broad SMARTS) is 1. The fourth-order valence-electron chi connectivity index (χ4n) is 1.92. The van der Waals surface area contributed by atoms with Crippen molar-refractivity contribution in [2.24, 2.45) is 5.92 Å². The summed E-state index contributed by atoms with van der Waals surface area (Å²) in [7, 11) is 0. The second kappa shape index (κ2) is 4.10. The van der Waals surface area contributed by atoms with Gasteiger partial charge in [0, 0.05) is 11.8 Å². The lowest BCUT2D eigenvalue weighted by molar-refractivity contribution is -0.138. The van der Waals surface area contributed by atoms with Crippen molar-refractivity contribution in [2.45, 2.75) is 16.1 Å². The van der Waals surface area contributed by atoms with E-state index in [-0.39, 0.29) is 5.92 Å². The molecule has 0 heterocycles. The third-order valence-corrected chi connectivity index (χ3v) is 4.03. The molecule has 1 aliphatic carbocycles. The maximum absolute atomic E-state index is 10.9.